The lowest BCUT2D eigenvalue weighted by Gasteiger charge is -2.32. The van der Waals surface area contributed by atoms with Gasteiger partial charge in [-0.3, -0.25) is 0 Å². The number of hydrogen-bond acceptors (Lipinski definition) is 9. The van der Waals surface area contributed by atoms with Gasteiger partial charge in [0.15, 0.2) is 0 Å². The zero-order valence-electron chi connectivity index (χ0n) is 15.2. The molecular formula is C16H18B2O7S2. The lowest BCUT2D eigenvalue weighted by Crippen LogP contribution is -2.41. The number of esters is 2. The second-order valence-corrected chi connectivity index (χ2v) is 9.27. The number of ether oxygens (including phenoxy) is 1. The quantitative estimate of drug-likeness (QED) is 0.438. The van der Waals surface area contributed by atoms with Crippen molar-refractivity contribution < 1.29 is 33.7 Å². The van der Waals surface area contributed by atoms with Crippen LogP contribution in [0.2, 0.25) is 0 Å². The van der Waals surface area contributed by atoms with Gasteiger partial charge in [0.2, 0.25) is 0 Å². The molecule has 1 aliphatic rings. The van der Waals surface area contributed by atoms with Crippen LogP contribution in [0.5, 0.6) is 0 Å². The van der Waals surface area contributed by atoms with Gasteiger partial charge in [-0.15, -0.1) is 22.7 Å². The molecular weight excluding hydrogens is 390 g/mol. The van der Waals surface area contributed by atoms with Gasteiger partial charge in [0.1, 0.15) is 9.75 Å². The molecule has 1 aliphatic heterocycles. The summed E-state index contributed by atoms with van der Waals surface area (Å²) in [4.78, 5) is 24.6. The summed E-state index contributed by atoms with van der Waals surface area (Å²) in [6.07, 6.45) is 0. The summed E-state index contributed by atoms with van der Waals surface area (Å²) < 4.78 is 17.6. The van der Waals surface area contributed by atoms with Crippen molar-refractivity contribution in [3.05, 3.63) is 34.0 Å². The number of rotatable bonds is 4. The third-order valence-electron chi connectivity index (χ3n) is 4.58. The van der Waals surface area contributed by atoms with Gasteiger partial charge in [-0.25, -0.2) is 9.59 Å². The molecule has 142 valence electrons. The van der Waals surface area contributed by atoms with Gasteiger partial charge in [0.25, 0.3) is 0 Å². The molecule has 27 heavy (non-hydrogen) atoms. The summed E-state index contributed by atoms with van der Waals surface area (Å²) in [5.74, 6) is -1.63. The fraction of sp³-hybridized carbons (Fsp3) is 0.375. The normalized spacial score (nSPS) is 17.8. The standard InChI is InChI=1S/C16H18B2O7S2/c1-15(2)16(3,4)25-18(24-15)12-8-6-10(27-12)14(20)23-13(19)9-5-7-11(26-9)17(21)22/h5-8,21-22H,1-4H3. The summed E-state index contributed by atoms with van der Waals surface area (Å²) in [5.41, 5.74) is -0.987. The van der Waals surface area contributed by atoms with Crippen LogP contribution >= 0.6 is 22.7 Å². The fourth-order valence-electron chi connectivity index (χ4n) is 2.33. The number of carbonyl (C=O) groups excluding carboxylic acids is 2. The fourth-order valence-corrected chi connectivity index (χ4v) is 3.93. The maximum absolute atomic E-state index is 12.2. The first-order valence-corrected chi connectivity index (χ1v) is 9.81. The molecule has 0 amide bonds. The van der Waals surface area contributed by atoms with Crippen LogP contribution in [0.25, 0.3) is 0 Å². The van der Waals surface area contributed by atoms with E-state index in [1.165, 1.54) is 12.1 Å². The SMILES string of the molecule is CC1(C)OB(c2ccc(C(=O)OC(=O)c3ccc(B(O)O)s3)s2)OC1(C)C. The Morgan fingerprint density at radius 2 is 1.48 bits per heavy atom. The first-order valence-electron chi connectivity index (χ1n) is 8.18. The Hall–Kier alpha value is -1.49. The van der Waals surface area contributed by atoms with Crippen molar-refractivity contribution in [2.24, 2.45) is 0 Å². The molecule has 3 heterocycles. The molecule has 0 saturated carbocycles. The van der Waals surface area contributed by atoms with E-state index in [2.05, 4.69) is 0 Å². The molecule has 1 fully saturated rings. The third-order valence-corrected chi connectivity index (χ3v) is 6.77. The molecule has 0 aromatic carbocycles. The van der Waals surface area contributed by atoms with E-state index in [9.17, 15) is 9.59 Å². The van der Waals surface area contributed by atoms with Gasteiger partial charge in [-0.2, -0.15) is 0 Å². The summed E-state index contributed by atoms with van der Waals surface area (Å²) in [6.45, 7) is 7.75. The lowest BCUT2D eigenvalue weighted by molar-refractivity contribution is 0.00578. The van der Waals surface area contributed by atoms with Gasteiger partial charge in [-0.1, -0.05) is 12.1 Å². The molecule has 0 unspecified atom stereocenters. The van der Waals surface area contributed by atoms with E-state index in [-0.39, 0.29) is 14.5 Å². The largest absolute Gasteiger partial charge is 0.505 e. The highest BCUT2D eigenvalue weighted by Crippen LogP contribution is 2.37. The van der Waals surface area contributed by atoms with Crippen molar-refractivity contribution in [1.29, 1.82) is 0 Å². The lowest BCUT2D eigenvalue weighted by atomic mass is 9.88. The average molecular weight is 408 g/mol. The Bertz CT molecular complexity index is 856. The van der Waals surface area contributed by atoms with E-state index in [0.717, 1.165) is 22.7 Å². The van der Waals surface area contributed by atoms with Crippen molar-refractivity contribution in [1.82, 2.24) is 0 Å². The maximum Gasteiger partial charge on any atom is 0.505 e. The Labute approximate surface area is 165 Å². The average Bonchev–Trinajstić information content (AvgIpc) is 3.26. The van der Waals surface area contributed by atoms with Crippen LogP contribution in [0.15, 0.2) is 24.3 Å². The van der Waals surface area contributed by atoms with Crippen molar-refractivity contribution in [2.75, 3.05) is 0 Å². The minimum atomic E-state index is -1.67. The Morgan fingerprint density at radius 3 is 2.00 bits per heavy atom. The zero-order chi connectivity index (χ0) is 20.0. The summed E-state index contributed by atoms with van der Waals surface area (Å²) in [6, 6.07) is 6.02. The summed E-state index contributed by atoms with van der Waals surface area (Å²) in [5, 5.41) is 18.2. The predicted octanol–water partition coefficient (Wildman–Crippen LogP) is 0.786. The number of thiophene rings is 2. The smallest absolute Gasteiger partial charge is 0.423 e. The van der Waals surface area contributed by atoms with Gasteiger partial charge >= 0.3 is 26.2 Å². The van der Waals surface area contributed by atoms with Gasteiger partial charge in [0.05, 0.1) is 11.2 Å². The number of hydrogen-bond donors (Lipinski definition) is 2. The van der Waals surface area contributed by atoms with Crippen LogP contribution < -0.4 is 9.55 Å². The van der Waals surface area contributed by atoms with E-state index < -0.39 is 37.4 Å². The van der Waals surface area contributed by atoms with E-state index in [1.54, 1.807) is 12.1 Å². The summed E-state index contributed by atoms with van der Waals surface area (Å²) in [7, 11) is -2.27. The Balaban J connectivity index is 1.67. The Morgan fingerprint density at radius 1 is 0.963 bits per heavy atom. The third kappa shape index (κ3) is 4.03. The van der Waals surface area contributed by atoms with Crippen molar-refractivity contribution in [3.63, 3.8) is 0 Å². The minimum absolute atomic E-state index is 0.106. The van der Waals surface area contributed by atoms with E-state index in [0.29, 0.717) is 4.78 Å². The molecule has 0 spiro atoms. The van der Waals surface area contributed by atoms with Gasteiger partial charge < -0.3 is 24.1 Å². The second kappa shape index (κ2) is 7.16. The molecule has 1 saturated heterocycles. The predicted molar refractivity (Wildman–Crippen MR) is 104 cm³/mol. The van der Waals surface area contributed by atoms with Gasteiger partial charge in [-0.05, 0) is 39.8 Å². The van der Waals surface area contributed by atoms with Crippen LogP contribution in [0.4, 0.5) is 0 Å². The molecule has 0 radical (unpaired) electrons. The molecule has 0 atom stereocenters. The Kier molecular flexibility index (Phi) is 5.37. The highest BCUT2D eigenvalue weighted by Gasteiger charge is 2.52. The van der Waals surface area contributed by atoms with Crippen LogP contribution in [0.3, 0.4) is 0 Å². The molecule has 2 aromatic heterocycles. The van der Waals surface area contributed by atoms with Crippen molar-refractivity contribution >= 4 is 58.4 Å². The highest BCUT2D eigenvalue weighted by atomic mass is 32.1. The molecule has 7 nitrogen and oxygen atoms in total. The molecule has 0 bridgehead atoms. The molecule has 11 heteroatoms. The maximum atomic E-state index is 12.2. The topological polar surface area (TPSA) is 102 Å². The van der Waals surface area contributed by atoms with E-state index in [1.807, 2.05) is 27.7 Å². The highest BCUT2D eigenvalue weighted by molar-refractivity contribution is 7.24. The van der Waals surface area contributed by atoms with Crippen LogP contribution in [0.1, 0.15) is 47.0 Å². The number of carbonyl (C=O) groups is 2. The molecule has 2 N–H and O–H groups in total. The van der Waals surface area contributed by atoms with Crippen molar-refractivity contribution in [2.45, 2.75) is 38.9 Å². The van der Waals surface area contributed by atoms with Crippen LogP contribution in [-0.4, -0.2) is 47.4 Å². The second-order valence-electron chi connectivity index (χ2n) is 7.04. The van der Waals surface area contributed by atoms with Gasteiger partial charge in [0, 0.05) is 9.55 Å². The first-order chi connectivity index (χ1) is 12.5. The summed E-state index contributed by atoms with van der Waals surface area (Å²) >= 11 is 1.98. The first kappa shape index (κ1) is 20.2. The van der Waals surface area contributed by atoms with Crippen molar-refractivity contribution in [3.8, 4) is 0 Å². The van der Waals surface area contributed by atoms with Crippen LogP contribution in [-0.2, 0) is 14.0 Å². The van der Waals surface area contributed by atoms with Crippen LogP contribution in [0, 0.1) is 0 Å². The van der Waals surface area contributed by atoms with E-state index >= 15 is 0 Å². The molecule has 2 aromatic rings. The minimum Gasteiger partial charge on any atom is -0.423 e. The molecule has 0 aliphatic carbocycles. The van der Waals surface area contributed by atoms with E-state index in [4.69, 9.17) is 24.1 Å². The zero-order valence-corrected chi connectivity index (χ0v) is 16.8. The monoisotopic (exact) mass is 408 g/mol. The molecule has 3 rings (SSSR count).